The minimum Gasteiger partial charge on any atom is -0.447 e. The molecular formula is C11H21NO3. The van der Waals surface area contributed by atoms with Gasteiger partial charge in [0.15, 0.2) is 0 Å². The molecule has 0 bridgehead atoms. The van der Waals surface area contributed by atoms with Crippen LogP contribution in [0.2, 0.25) is 0 Å². The van der Waals surface area contributed by atoms with Crippen molar-refractivity contribution in [1.29, 1.82) is 0 Å². The van der Waals surface area contributed by atoms with E-state index in [1.165, 1.54) is 6.42 Å². The van der Waals surface area contributed by atoms with Crippen molar-refractivity contribution >= 4 is 6.09 Å². The molecule has 0 aromatic carbocycles. The Bertz CT molecular complexity index is 196. The van der Waals surface area contributed by atoms with Gasteiger partial charge < -0.3 is 14.4 Å². The Morgan fingerprint density at radius 2 is 2.13 bits per heavy atom. The van der Waals surface area contributed by atoms with E-state index in [0.29, 0.717) is 13.2 Å². The van der Waals surface area contributed by atoms with Crippen LogP contribution in [0.3, 0.4) is 0 Å². The minimum atomic E-state index is -0.193. The van der Waals surface area contributed by atoms with Gasteiger partial charge in [0.05, 0.1) is 6.61 Å². The van der Waals surface area contributed by atoms with Crippen LogP contribution in [-0.2, 0) is 9.47 Å². The summed E-state index contributed by atoms with van der Waals surface area (Å²) in [5, 5.41) is 0. The highest BCUT2D eigenvalue weighted by Gasteiger charge is 2.19. The molecule has 1 saturated heterocycles. The Morgan fingerprint density at radius 1 is 1.33 bits per heavy atom. The summed E-state index contributed by atoms with van der Waals surface area (Å²) < 4.78 is 9.90. The van der Waals surface area contributed by atoms with Gasteiger partial charge in [-0.15, -0.1) is 0 Å². The smallest absolute Gasteiger partial charge is 0.409 e. The third-order valence-corrected chi connectivity index (χ3v) is 2.79. The molecule has 0 aromatic rings. The van der Waals surface area contributed by atoms with Crippen molar-refractivity contribution in [2.75, 3.05) is 33.4 Å². The molecule has 15 heavy (non-hydrogen) atoms. The van der Waals surface area contributed by atoms with Crippen LogP contribution in [0.4, 0.5) is 4.79 Å². The molecule has 0 aliphatic carbocycles. The Hall–Kier alpha value is -0.770. The lowest BCUT2D eigenvalue weighted by Crippen LogP contribution is -2.33. The highest BCUT2D eigenvalue weighted by molar-refractivity contribution is 5.67. The summed E-state index contributed by atoms with van der Waals surface area (Å²) in [6, 6.07) is 0. The predicted molar refractivity (Wildman–Crippen MR) is 57.8 cm³/mol. The Kier molecular flexibility index (Phi) is 5.47. The van der Waals surface area contributed by atoms with Crippen molar-refractivity contribution in [2.45, 2.75) is 26.2 Å². The van der Waals surface area contributed by atoms with Gasteiger partial charge in [-0.2, -0.15) is 0 Å². The van der Waals surface area contributed by atoms with Crippen LogP contribution in [0.1, 0.15) is 26.2 Å². The zero-order chi connectivity index (χ0) is 11.1. The maximum atomic E-state index is 11.6. The molecular weight excluding hydrogens is 194 g/mol. The number of carbonyl (C=O) groups is 1. The summed E-state index contributed by atoms with van der Waals surface area (Å²) in [4.78, 5) is 13.4. The lowest BCUT2D eigenvalue weighted by molar-refractivity contribution is 0.0724. The van der Waals surface area contributed by atoms with Gasteiger partial charge in [-0.25, -0.2) is 4.79 Å². The van der Waals surface area contributed by atoms with Crippen molar-refractivity contribution in [3.8, 4) is 0 Å². The number of methoxy groups -OCH3 is 1. The van der Waals surface area contributed by atoms with Crippen LogP contribution >= 0.6 is 0 Å². The standard InChI is InChI=1S/C11H21NO3/c1-10-4-3-6-12(7-5-10)11(13)15-9-8-14-2/h10H,3-9H2,1-2H3. The Labute approximate surface area is 91.5 Å². The number of amides is 1. The molecule has 0 saturated carbocycles. The van der Waals surface area contributed by atoms with Crippen molar-refractivity contribution in [2.24, 2.45) is 5.92 Å². The highest BCUT2D eigenvalue weighted by atomic mass is 16.6. The first kappa shape index (κ1) is 12.3. The van der Waals surface area contributed by atoms with Gasteiger partial charge in [-0.3, -0.25) is 0 Å². The van der Waals surface area contributed by atoms with E-state index in [-0.39, 0.29) is 6.09 Å². The van der Waals surface area contributed by atoms with Gasteiger partial charge in [0.2, 0.25) is 0 Å². The first-order valence-electron chi connectivity index (χ1n) is 5.64. The summed E-state index contributed by atoms with van der Waals surface area (Å²) in [6.07, 6.45) is 3.18. The quantitative estimate of drug-likeness (QED) is 0.675. The number of nitrogens with zero attached hydrogens (tertiary/aromatic N) is 1. The number of carbonyl (C=O) groups excluding carboxylic acids is 1. The van der Waals surface area contributed by atoms with Gasteiger partial charge in [-0.1, -0.05) is 6.92 Å². The lowest BCUT2D eigenvalue weighted by atomic mass is 10.0. The van der Waals surface area contributed by atoms with E-state index in [1.54, 1.807) is 12.0 Å². The van der Waals surface area contributed by atoms with Crippen molar-refractivity contribution in [3.63, 3.8) is 0 Å². The van der Waals surface area contributed by atoms with E-state index in [9.17, 15) is 4.79 Å². The van der Waals surface area contributed by atoms with Gasteiger partial charge in [0, 0.05) is 20.2 Å². The lowest BCUT2D eigenvalue weighted by Gasteiger charge is -2.19. The molecule has 1 fully saturated rings. The first-order valence-corrected chi connectivity index (χ1v) is 5.64. The fourth-order valence-corrected chi connectivity index (χ4v) is 1.75. The first-order chi connectivity index (χ1) is 7.24. The second-order valence-electron chi connectivity index (χ2n) is 4.13. The number of ether oxygens (including phenoxy) is 2. The Balaban J connectivity index is 2.25. The maximum absolute atomic E-state index is 11.6. The van der Waals surface area contributed by atoms with Crippen LogP contribution in [-0.4, -0.2) is 44.4 Å². The largest absolute Gasteiger partial charge is 0.447 e. The number of hydrogen-bond acceptors (Lipinski definition) is 3. The van der Waals surface area contributed by atoms with E-state index in [4.69, 9.17) is 9.47 Å². The van der Waals surface area contributed by atoms with Gasteiger partial charge >= 0.3 is 6.09 Å². The van der Waals surface area contributed by atoms with E-state index in [0.717, 1.165) is 31.8 Å². The molecule has 1 aliphatic rings. The number of likely N-dealkylation sites (tertiary alicyclic amines) is 1. The van der Waals surface area contributed by atoms with Gasteiger partial charge in [-0.05, 0) is 25.2 Å². The molecule has 0 N–H and O–H groups in total. The van der Waals surface area contributed by atoms with Crippen LogP contribution < -0.4 is 0 Å². The van der Waals surface area contributed by atoms with E-state index in [1.807, 2.05) is 0 Å². The SMILES string of the molecule is COCCOC(=O)N1CCCC(C)CC1. The zero-order valence-electron chi connectivity index (χ0n) is 9.70. The van der Waals surface area contributed by atoms with Crippen molar-refractivity contribution < 1.29 is 14.3 Å². The third-order valence-electron chi connectivity index (χ3n) is 2.79. The van der Waals surface area contributed by atoms with E-state index >= 15 is 0 Å². The number of rotatable bonds is 3. The average molecular weight is 215 g/mol. The molecule has 0 aromatic heterocycles. The molecule has 1 aliphatic heterocycles. The highest BCUT2D eigenvalue weighted by Crippen LogP contribution is 2.16. The molecule has 1 atom stereocenters. The summed E-state index contributed by atoms with van der Waals surface area (Å²) in [5.41, 5.74) is 0. The van der Waals surface area contributed by atoms with E-state index in [2.05, 4.69) is 6.92 Å². The molecule has 1 unspecified atom stereocenters. The summed E-state index contributed by atoms with van der Waals surface area (Å²) in [6.45, 7) is 4.71. The van der Waals surface area contributed by atoms with Crippen LogP contribution in [0, 0.1) is 5.92 Å². The summed E-state index contributed by atoms with van der Waals surface area (Å²) in [7, 11) is 1.60. The number of hydrogen-bond donors (Lipinski definition) is 0. The minimum absolute atomic E-state index is 0.193. The molecule has 4 heteroatoms. The zero-order valence-corrected chi connectivity index (χ0v) is 9.70. The van der Waals surface area contributed by atoms with Gasteiger partial charge in [0.1, 0.15) is 6.61 Å². The average Bonchev–Trinajstić information content (AvgIpc) is 2.43. The molecule has 1 rings (SSSR count). The molecule has 0 radical (unpaired) electrons. The molecule has 4 nitrogen and oxygen atoms in total. The molecule has 0 spiro atoms. The van der Waals surface area contributed by atoms with Crippen molar-refractivity contribution in [3.05, 3.63) is 0 Å². The monoisotopic (exact) mass is 215 g/mol. The normalized spacial score (nSPS) is 22.3. The summed E-state index contributed by atoms with van der Waals surface area (Å²) >= 11 is 0. The topological polar surface area (TPSA) is 38.8 Å². The fourth-order valence-electron chi connectivity index (χ4n) is 1.75. The van der Waals surface area contributed by atoms with Crippen molar-refractivity contribution in [1.82, 2.24) is 4.90 Å². The Morgan fingerprint density at radius 3 is 2.87 bits per heavy atom. The van der Waals surface area contributed by atoms with Crippen LogP contribution in [0.5, 0.6) is 0 Å². The molecule has 1 amide bonds. The second kappa shape index (κ2) is 6.67. The third kappa shape index (κ3) is 4.51. The summed E-state index contributed by atoms with van der Waals surface area (Å²) in [5.74, 6) is 0.724. The fraction of sp³-hybridized carbons (Fsp3) is 0.909. The van der Waals surface area contributed by atoms with E-state index < -0.39 is 0 Å². The second-order valence-corrected chi connectivity index (χ2v) is 4.13. The molecule has 1 heterocycles. The van der Waals surface area contributed by atoms with Crippen LogP contribution in [0.15, 0.2) is 0 Å². The molecule has 88 valence electrons. The maximum Gasteiger partial charge on any atom is 0.409 e. The van der Waals surface area contributed by atoms with Crippen LogP contribution in [0.25, 0.3) is 0 Å². The van der Waals surface area contributed by atoms with Gasteiger partial charge in [0.25, 0.3) is 0 Å². The predicted octanol–water partition coefficient (Wildman–Crippen LogP) is 1.89.